The van der Waals surface area contributed by atoms with E-state index in [1.54, 1.807) is 0 Å². The summed E-state index contributed by atoms with van der Waals surface area (Å²) in [7, 11) is 0. The van der Waals surface area contributed by atoms with E-state index >= 15 is 0 Å². The summed E-state index contributed by atoms with van der Waals surface area (Å²) in [6.07, 6.45) is 52.5. The van der Waals surface area contributed by atoms with Crippen molar-refractivity contribution in [3.05, 3.63) is 24.3 Å². The van der Waals surface area contributed by atoms with Crippen LogP contribution in [0.25, 0.3) is 0 Å². The van der Waals surface area contributed by atoms with E-state index in [-0.39, 0.29) is 25.2 Å². The molecule has 0 aromatic heterocycles. The van der Waals surface area contributed by atoms with Crippen molar-refractivity contribution in [3.8, 4) is 0 Å². The minimum atomic E-state index is -0.771. The van der Waals surface area contributed by atoms with Crippen LogP contribution in [0.3, 0.4) is 0 Å². The third-order valence-electron chi connectivity index (χ3n) is 10.2. The summed E-state index contributed by atoms with van der Waals surface area (Å²) < 4.78 is 10.6. The van der Waals surface area contributed by atoms with Crippen LogP contribution in [0.4, 0.5) is 0 Å². The molecule has 0 heterocycles. The zero-order chi connectivity index (χ0) is 37.8. The maximum absolute atomic E-state index is 12.2. The van der Waals surface area contributed by atoms with Crippen LogP contribution < -0.4 is 0 Å². The number of hydrogen-bond donors (Lipinski definition) is 1. The monoisotopic (exact) mass is 733 g/mol. The van der Waals surface area contributed by atoms with Crippen LogP contribution >= 0.6 is 0 Å². The standard InChI is InChI=1S/C47H88O5/c1-3-5-7-9-11-13-15-17-19-21-22-23-24-26-28-30-32-34-36-38-40-42-47(50)52-45(43-48)44-51-46(49)41-39-37-35-33-31-29-27-25-20-18-16-14-12-10-8-6-4-2/h18,20-22,45,48H,3-17,19,23-44H2,1-2H3/b20-18-,22-21-. The highest BCUT2D eigenvalue weighted by molar-refractivity contribution is 5.70. The molecule has 5 heteroatoms. The number of rotatable bonds is 42. The minimum absolute atomic E-state index is 0.0654. The third kappa shape index (κ3) is 41.1. The first kappa shape index (κ1) is 50.4. The number of carbonyl (C=O) groups excluding carboxylic acids is 2. The summed E-state index contributed by atoms with van der Waals surface area (Å²) in [5, 5.41) is 9.59. The molecule has 0 saturated heterocycles. The fourth-order valence-corrected chi connectivity index (χ4v) is 6.72. The molecule has 0 aromatic rings. The van der Waals surface area contributed by atoms with Gasteiger partial charge in [0.2, 0.25) is 0 Å². The van der Waals surface area contributed by atoms with Crippen molar-refractivity contribution in [2.24, 2.45) is 0 Å². The Kier molecular flexibility index (Phi) is 42.4. The quantitative estimate of drug-likeness (QED) is 0.0384. The molecule has 0 radical (unpaired) electrons. The number of ether oxygens (including phenoxy) is 2. The van der Waals surface area contributed by atoms with Crippen LogP contribution in [0.5, 0.6) is 0 Å². The van der Waals surface area contributed by atoms with Crippen molar-refractivity contribution < 1.29 is 24.2 Å². The minimum Gasteiger partial charge on any atom is -0.462 e. The molecule has 1 unspecified atom stereocenters. The number of aliphatic hydroxyl groups is 1. The first-order chi connectivity index (χ1) is 25.6. The van der Waals surface area contributed by atoms with Crippen molar-refractivity contribution >= 4 is 11.9 Å². The van der Waals surface area contributed by atoms with E-state index < -0.39 is 6.10 Å². The molecule has 0 aliphatic carbocycles. The van der Waals surface area contributed by atoms with Crippen LogP contribution in [0.15, 0.2) is 24.3 Å². The molecule has 0 rings (SSSR count). The number of unbranched alkanes of at least 4 members (excludes halogenated alkanes) is 30. The Morgan fingerprint density at radius 3 is 1.04 bits per heavy atom. The molecule has 0 aliphatic rings. The summed E-state index contributed by atoms with van der Waals surface area (Å²) in [6, 6.07) is 0. The number of allylic oxidation sites excluding steroid dienone is 4. The Morgan fingerprint density at radius 1 is 0.423 bits per heavy atom. The van der Waals surface area contributed by atoms with Crippen molar-refractivity contribution in [3.63, 3.8) is 0 Å². The number of hydrogen-bond acceptors (Lipinski definition) is 5. The summed E-state index contributed by atoms with van der Waals surface area (Å²) >= 11 is 0. The maximum Gasteiger partial charge on any atom is 0.306 e. The predicted molar refractivity (Wildman–Crippen MR) is 224 cm³/mol. The lowest BCUT2D eigenvalue weighted by atomic mass is 10.1. The molecule has 0 fully saturated rings. The van der Waals surface area contributed by atoms with Gasteiger partial charge in [-0.25, -0.2) is 0 Å². The lowest BCUT2D eigenvalue weighted by molar-refractivity contribution is -0.161. The molecule has 52 heavy (non-hydrogen) atoms. The molecule has 0 spiro atoms. The SMILES string of the molecule is CCCCCCCC/C=C\CCCCCCCCCC(=O)OCC(CO)OC(=O)CCCCCCCCCCC/C=C\CCCCCCCCCC. The lowest BCUT2D eigenvalue weighted by Gasteiger charge is -2.15. The van der Waals surface area contributed by atoms with Gasteiger partial charge in [-0.2, -0.15) is 0 Å². The van der Waals surface area contributed by atoms with Crippen LogP contribution in [0.2, 0.25) is 0 Å². The van der Waals surface area contributed by atoms with Gasteiger partial charge < -0.3 is 14.6 Å². The Hall–Kier alpha value is -1.62. The second kappa shape index (κ2) is 43.8. The highest BCUT2D eigenvalue weighted by Gasteiger charge is 2.16. The van der Waals surface area contributed by atoms with Gasteiger partial charge >= 0.3 is 11.9 Å². The van der Waals surface area contributed by atoms with Gasteiger partial charge in [-0.15, -0.1) is 0 Å². The summed E-state index contributed by atoms with van der Waals surface area (Å²) in [5.41, 5.74) is 0. The van der Waals surface area contributed by atoms with Crippen molar-refractivity contribution in [1.82, 2.24) is 0 Å². The summed E-state index contributed by atoms with van der Waals surface area (Å²) in [5.74, 6) is -0.588. The zero-order valence-electron chi connectivity index (χ0n) is 34.8. The van der Waals surface area contributed by atoms with E-state index in [2.05, 4.69) is 38.2 Å². The van der Waals surface area contributed by atoms with Crippen LogP contribution in [-0.4, -0.2) is 36.4 Å². The summed E-state index contributed by atoms with van der Waals surface area (Å²) in [4.78, 5) is 24.4. The van der Waals surface area contributed by atoms with Gasteiger partial charge in [-0.05, 0) is 64.2 Å². The molecule has 5 nitrogen and oxygen atoms in total. The lowest BCUT2D eigenvalue weighted by Crippen LogP contribution is -2.28. The molecule has 1 N–H and O–H groups in total. The fourth-order valence-electron chi connectivity index (χ4n) is 6.72. The molecular formula is C47H88O5. The third-order valence-corrected chi connectivity index (χ3v) is 10.2. The normalized spacial score (nSPS) is 12.3. The van der Waals surface area contributed by atoms with Gasteiger partial charge in [-0.3, -0.25) is 9.59 Å². The zero-order valence-corrected chi connectivity index (χ0v) is 34.8. The molecule has 306 valence electrons. The Labute approximate surface area is 323 Å². The second-order valence-corrected chi connectivity index (χ2v) is 15.5. The van der Waals surface area contributed by atoms with Gasteiger partial charge in [0.25, 0.3) is 0 Å². The smallest absolute Gasteiger partial charge is 0.306 e. The van der Waals surface area contributed by atoms with Crippen LogP contribution in [0, 0.1) is 0 Å². The van der Waals surface area contributed by atoms with Gasteiger partial charge in [0.1, 0.15) is 6.61 Å². The number of carbonyl (C=O) groups is 2. The molecular weight excluding hydrogens is 645 g/mol. The number of aliphatic hydroxyl groups excluding tert-OH is 1. The Morgan fingerprint density at radius 2 is 0.712 bits per heavy atom. The van der Waals surface area contributed by atoms with Crippen molar-refractivity contribution in [1.29, 1.82) is 0 Å². The average Bonchev–Trinajstić information content (AvgIpc) is 3.15. The van der Waals surface area contributed by atoms with Gasteiger partial charge in [0.05, 0.1) is 6.61 Å². The molecule has 0 saturated carbocycles. The van der Waals surface area contributed by atoms with Gasteiger partial charge in [0.15, 0.2) is 6.10 Å². The molecule has 0 amide bonds. The topological polar surface area (TPSA) is 72.8 Å². The Balaban J connectivity index is 3.50. The van der Waals surface area contributed by atoms with Gasteiger partial charge in [0, 0.05) is 12.8 Å². The van der Waals surface area contributed by atoms with E-state index in [0.29, 0.717) is 12.8 Å². The maximum atomic E-state index is 12.2. The van der Waals surface area contributed by atoms with Crippen LogP contribution in [0.1, 0.15) is 245 Å². The average molecular weight is 733 g/mol. The molecule has 0 aliphatic heterocycles. The summed E-state index contributed by atoms with van der Waals surface area (Å²) in [6.45, 7) is 4.15. The second-order valence-electron chi connectivity index (χ2n) is 15.5. The highest BCUT2D eigenvalue weighted by Crippen LogP contribution is 2.15. The highest BCUT2D eigenvalue weighted by atomic mass is 16.6. The van der Waals surface area contributed by atoms with Crippen molar-refractivity contribution in [2.75, 3.05) is 13.2 Å². The largest absolute Gasteiger partial charge is 0.462 e. The first-order valence-corrected chi connectivity index (χ1v) is 22.9. The van der Waals surface area contributed by atoms with E-state index in [1.807, 2.05) is 0 Å². The van der Waals surface area contributed by atoms with E-state index in [4.69, 9.17) is 9.47 Å². The van der Waals surface area contributed by atoms with Crippen molar-refractivity contribution in [2.45, 2.75) is 251 Å². The fraction of sp³-hybridized carbons (Fsp3) is 0.872. The van der Waals surface area contributed by atoms with E-state index in [1.165, 1.54) is 180 Å². The molecule has 1 atom stereocenters. The molecule has 0 aromatic carbocycles. The molecule has 0 bridgehead atoms. The van der Waals surface area contributed by atoms with Crippen LogP contribution in [-0.2, 0) is 19.1 Å². The van der Waals surface area contributed by atoms with E-state index in [0.717, 1.165) is 38.5 Å². The number of esters is 2. The Bertz CT molecular complexity index is 791. The first-order valence-electron chi connectivity index (χ1n) is 22.9. The van der Waals surface area contributed by atoms with Gasteiger partial charge in [-0.1, -0.05) is 192 Å². The van der Waals surface area contributed by atoms with E-state index in [9.17, 15) is 14.7 Å². The predicted octanol–water partition coefficient (Wildman–Crippen LogP) is 14.6.